The molecule has 2 aromatic carbocycles. The first-order valence-corrected chi connectivity index (χ1v) is 16.0. The second kappa shape index (κ2) is 16.4. The molecule has 0 saturated carbocycles. The molecular formula is C35H37F4N3NbO3-2. The Balaban J connectivity index is 0.000000251. The number of carboxylic acid groups (broad SMARTS) is 1. The molecule has 1 fully saturated rings. The predicted octanol–water partition coefficient (Wildman–Crippen LogP) is 7.54. The molecule has 0 radical (unpaired) electrons. The van der Waals surface area contributed by atoms with E-state index in [4.69, 9.17) is 5.11 Å². The molecule has 1 saturated heterocycles. The van der Waals surface area contributed by atoms with Crippen LogP contribution in [0.5, 0.6) is 0 Å². The smallest absolute Gasteiger partial charge is 0.295 e. The summed E-state index contributed by atoms with van der Waals surface area (Å²) in [6.07, 6.45) is 2.25. The van der Waals surface area contributed by atoms with Crippen LogP contribution in [0.25, 0.3) is 11.1 Å². The Morgan fingerprint density at radius 3 is 2.41 bits per heavy atom. The maximum Gasteiger partial charge on any atom is 0.295 e. The van der Waals surface area contributed by atoms with Crippen molar-refractivity contribution >= 4 is 12.3 Å². The average molecular weight is 717 g/mol. The van der Waals surface area contributed by atoms with E-state index in [1.54, 1.807) is 29.7 Å². The van der Waals surface area contributed by atoms with Gasteiger partial charge in [-0.15, -0.1) is 0 Å². The van der Waals surface area contributed by atoms with Crippen molar-refractivity contribution < 1.29 is 52.9 Å². The number of nitrogens with zero attached hydrogens (tertiary/aromatic N) is 3. The Bertz CT molecular complexity index is 1660. The minimum Gasteiger partial charge on any atom is -0.482 e. The van der Waals surface area contributed by atoms with E-state index in [2.05, 4.69) is 11.0 Å². The Labute approximate surface area is 279 Å². The van der Waals surface area contributed by atoms with Crippen molar-refractivity contribution in [2.75, 3.05) is 19.6 Å². The van der Waals surface area contributed by atoms with E-state index in [0.29, 0.717) is 45.1 Å². The van der Waals surface area contributed by atoms with Gasteiger partial charge >= 0.3 is 152 Å². The molecule has 1 N–H and O–H groups in total. The fraction of sp³-hybridized carbons (Fsp3) is 0.400. The van der Waals surface area contributed by atoms with Crippen LogP contribution in [0, 0.1) is 46.8 Å². The number of carbonyl (C=O) groups is 1. The van der Waals surface area contributed by atoms with Gasteiger partial charge in [0.2, 0.25) is 0 Å². The summed E-state index contributed by atoms with van der Waals surface area (Å²) in [6.45, 7) is 10.0. The van der Waals surface area contributed by atoms with Crippen molar-refractivity contribution in [2.24, 2.45) is 5.92 Å². The molecule has 1 aromatic heterocycles. The molecule has 0 spiro atoms. The van der Waals surface area contributed by atoms with E-state index in [-0.39, 0.29) is 23.5 Å². The molecule has 1 aliphatic rings. The standard InChI is InChI=1S/C18H15FNO2.C17H22F3N2O.Nb/c1-11-3-5-16(15(7-11)10-20)14-8-12(2)18(19)13(9-14)4-6-17(21)22;1-13(2)10-15(12-23)22-9-5-16(17(18,19)20)14(11-22)4-8-21-6-3-7-21;/h3-5,7-9H,6H2,1-2H3,(H,21,22);5,11,13,15H,3-4,6-8,10H2,1-2H3;/q2*-1;. The summed E-state index contributed by atoms with van der Waals surface area (Å²) in [7, 11) is 0. The van der Waals surface area contributed by atoms with Crippen LogP contribution in [0.2, 0.25) is 0 Å². The van der Waals surface area contributed by atoms with Crippen LogP contribution >= 0.6 is 0 Å². The number of hydrogen-bond acceptors (Lipinski definition) is 4. The first-order chi connectivity index (χ1) is 21.6. The summed E-state index contributed by atoms with van der Waals surface area (Å²) < 4.78 is 56.4. The third-order valence-electron chi connectivity index (χ3n) is 7.68. The SMILES string of the molecule is CC(C)CC([C-]=O)n1cc(CCN2CCC2)c(C(F)(F)F)c[c]1=[Nb].Cc1ccc(-c2cc(C)c(F)c([CH-]CC(=O)O)c2)c(C#N)c1. The Morgan fingerprint density at radius 1 is 1.17 bits per heavy atom. The van der Waals surface area contributed by atoms with Crippen molar-refractivity contribution in [3.05, 3.63) is 91.7 Å². The summed E-state index contributed by atoms with van der Waals surface area (Å²) in [5, 5.41) is 18.0. The second-order valence-corrected chi connectivity index (χ2v) is 13.0. The molecule has 0 aliphatic carbocycles. The van der Waals surface area contributed by atoms with Gasteiger partial charge in [-0.2, -0.15) is 23.3 Å². The van der Waals surface area contributed by atoms with Crippen LogP contribution in [0.3, 0.4) is 0 Å². The first-order valence-electron chi connectivity index (χ1n) is 14.9. The number of carbonyl (C=O) groups excluding carboxylic acids is 1. The van der Waals surface area contributed by atoms with Gasteiger partial charge in [-0.3, -0.25) is 9.18 Å². The monoisotopic (exact) mass is 716 g/mol. The Morgan fingerprint density at radius 2 is 1.87 bits per heavy atom. The van der Waals surface area contributed by atoms with E-state index in [0.717, 1.165) is 25.1 Å². The maximum absolute atomic E-state index is 14.1. The molecule has 3 aromatic rings. The molecule has 46 heavy (non-hydrogen) atoms. The first kappa shape index (κ1) is 37.0. The average Bonchev–Trinajstić information content (AvgIpc) is 2.96. The van der Waals surface area contributed by atoms with E-state index in [9.17, 15) is 32.4 Å². The molecule has 4 rings (SSSR count). The van der Waals surface area contributed by atoms with Gasteiger partial charge in [0, 0.05) is 12.2 Å². The molecule has 6 nitrogen and oxygen atoms in total. The van der Waals surface area contributed by atoms with Gasteiger partial charge in [0.05, 0.1) is 11.6 Å². The summed E-state index contributed by atoms with van der Waals surface area (Å²) in [6, 6.07) is 11.5. The molecule has 1 atom stereocenters. The zero-order chi connectivity index (χ0) is 34.2. The van der Waals surface area contributed by atoms with Crippen LogP contribution in [0.15, 0.2) is 42.6 Å². The Kier molecular flexibility index (Phi) is 13.2. The van der Waals surface area contributed by atoms with E-state index in [1.807, 2.05) is 39.2 Å². The van der Waals surface area contributed by atoms with Gasteiger partial charge in [-0.1, -0.05) is 29.3 Å². The van der Waals surface area contributed by atoms with Crippen molar-refractivity contribution in [2.45, 2.75) is 65.6 Å². The van der Waals surface area contributed by atoms with Gasteiger partial charge in [0.1, 0.15) is 0 Å². The Hall–Kier alpha value is -3.49. The van der Waals surface area contributed by atoms with Gasteiger partial charge in [0.15, 0.2) is 0 Å². The number of rotatable bonds is 11. The summed E-state index contributed by atoms with van der Waals surface area (Å²) >= 11 is 1.19. The molecule has 0 amide bonds. The van der Waals surface area contributed by atoms with Crippen molar-refractivity contribution in [3.8, 4) is 17.2 Å². The van der Waals surface area contributed by atoms with Crippen molar-refractivity contribution in [1.29, 1.82) is 5.26 Å². The molecule has 1 unspecified atom stereocenters. The number of benzene rings is 2. The summed E-state index contributed by atoms with van der Waals surface area (Å²) in [5.41, 5.74) is 3.22. The minimum atomic E-state index is -4.37. The number of nitriles is 1. The van der Waals surface area contributed by atoms with Gasteiger partial charge in [-0.25, -0.2) is 0 Å². The number of aromatic nitrogens is 1. The third-order valence-corrected chi connectivity index (χ3v) is 8.57. The number of carboxylic acids is 1. The topological polar surface area (TPSA) is 86.3 Å². The number of aliphatic carboxylic acids is 1. The molecular weight excluding hydrogens is 679 g/mol. The number of hydrogen-bond donors (Lipinski definition) is 1. The largest absolute Gasteiger partial charge is 0.482 e. The van der Waals surface area contributed by atoms with E-state index >= 15 is 0 Å². The normalized spacial score (nSPS) is 13.6. The van der Waals surface area contributed by atoms with Crippen LogP contribution < -0.4 is 0 Å². The molecule has 2 heterocycles. The number of aryl methyl sites for hydroxylation is 2. The summed E-state index contributed by atoms with van der Waals surface area (Å²) in [4.78, 5) is 24.1. The number of halogens is 4. The van der Waals surface area contributed by atoms with Crippen LogP contribution in [-0.2, 0) is 42.8 Å². The van der Waals surface area contributed by atoms with Crippen LogP contribution in [-0.4, -0.2) is 46.5 Å². The third kappa shape index (κ3) is 10.0. The second-order valence-electron chi connectivity index (χ2n) is 11.8. The fourth-order valence-corrected chi connectivity index (χ4v) is 5.96. The zero-order valence-corrected chi connectivity index (χ0v) is 28.5. The minimum absolute atomic E-state index is 0.238. The van der Waals surface area contributed by atoms with Crippen LogP contribution in [0.1, 0.15) is 72.5 Å². The van der Waals surface area contributed by atoms with Crippen LogP contribution in [0.4, 0.5) is 17.6 Å². The molecule has 245 valence electrons. The molecule has 11 heteroatoms. The number of pyridine rings is 1. The van der Waals surface area contributed by atoms with E-state index < -0.39 is 29.6 Å². The zero-order valence-electron chi connectivity index (χ0n) is 26.3. The quantitative estimate of drug-likeness (QED) is 0.126. The maximum atomic E-state index is 14.1. The van der Waals surface area contributed by atoms with Gasteiger partial charge in [0.25, 0.3) is 5.97 Å². The molecule has 1 aliphatic heterocycles. The van der Waals surface area contributed by atoms with E-state index in [1.165, 1.54) is 39.3 Å². The predicted molar refractivity (Wildman–Crippen MR) is 163 cm³/mol. The molecule has 0 bridgehead atoms. The van der Waals surface area contributed by atoms with Crippen molar-refractivity contribution in [1.82, 2.24) is 9.47 Å². The summed E-state index contributed by atoms with van der Waals surface area (Å²) in [5.74, 6) is -1.19. The van der Waals surface area contributed by atoms with Gasteiger partial charge in [-0.05, 0) is 31.0 Å². The van der Waals surface area contributed by atoms with Crippen molar-refractivity contribution in [3.63, 3.8) is 0 Å². The fourth-order valence-electron chi connectivity index (χ4n) is 5.16. The van der Waals surface area contributed by atoms with Gasteiger partial charge < -0.3 is 5.11 Å². The number of alkyl halides is 3. The number of likely N-dealkylation sites (tertiary alicyclic amines) is 1.